The number of carboxylic acids is 1. The van der Waals surface area contributed by atoms with Crippen LogP contribution in [0.1, 0.15) is 36.0 Å². The minimum atomic E-state index is -0.850. The Labute approximate surface area is 167 Å². The number of carbonyl (C=O) groups excluding carboxylic acids is 2. The number of Topliss-reactive ketones (excluding diaryl/α,β-unsaturated/α-hetero) is 1. The molecule has 1 amide bonds. The van der Waals surface area contributed by atoms with Crippen LogP contribution in [0.2, 0.25) is 0 Å². The Kier molecular flexibility index (Phi) is 6.32. The van der Waals surface area contributed by atoms with Crippen molar-refractivity contribution in [3.8, 4) is 0 Å². The van der Waals surface area contributed by atoms with E-state index in [1.807, 2.05) is 0 Å². The summed E-state index contributed by atoms with van der Waals surface area (Å²) in [4.78, 5) is 47.2. The van der Waals surface area contributed by atoms with E-state index in [9.17, 15) is 14.4 Å². The molecule has 152 valence electrons. The van der Waals surface area contributed by atoms with E-state index in [-0.39, 0.29) is 24.1 Å². The maximum absolute atomic E-state index is 12.1. The molecule has 0 spiro atoms. The zero-order chi connectivity index (χ0) is 20.8. The predicted molar refractivity (Wildman–Crippen MR) is 109 cm³/mol. The third-order valence-corrected chi connectivity index (χ3v) is 4.48. The van der Waals surface area contributed by atoms with Crippen molar-refractivity contribution in [3.63, 3.8) is 0 Å². The highest BCUT2D eigenvalue weighted by Crippen LogP contribution is 2.15. The van der Waals surface area contributed by atoms with E-state index in [0.717, 1.165) is 5.69 Å². The van der Waals surface area contributed by atoms with Crippen molar-refractivity contribution in [1.82, 2.24) is 5.32 Å². The van der Waals surface area contributed by atoms with Gasteiger partial charge in [-0.2, -0.15) is 0 Å². The summed E-state index contributed by atoms with van der Waals surface area (Å²) >= 11 is 0. The topological polar surface area (TPSA) is 159 Å². The average Bonchev–Trinajstić information content (AvgIpc) is 2.70. The maximum Gasteiger partial charge on any atom is 0.303 e. The number of aliphatic carboxylic acids is 1. The van der Waals surface area contributed by atoms with Crippen LogP contribution in [-0.4, -0.2) is 59.4 Å². The molecule has 29 heavy (non-hydrogen) atoms. The SMILES string of the molecule is NC1=NC2N=CC(CNc3ccc(C(=O)CCCCC(=O)O)cc3)=NC2C(=O)N1. The van der Waals surface area contributed by atoms with E-state index >= 15 is 0 Å². The van der Waals surface area contributed by atoms with Crippen LogP contribution in [0.15, 0.2) is 39.2 Å². The molecule has 3 rings (SSSR count). The minimum absolute atomic E-state index is 0.0140. The Morgan fingerprint density at radius 1 is 1.14 bits per heavy atom. The molecule has 0 aromatic heterocycles. The number of hydrogen-bond donors (Lipinski definition) is 4. The summed E-state index contributed by atoms with van der Waals surface area (Å²) in [7, 11) is 0. The monoisotopic (exact) mass is 398 g/mol. The van der Waals surface area contributed by atoms with Gasteiger partial charge >= 0.3 is 5.97 Å². The molecule has 2 heterocycles. The fourth-order valence-electron chi connectivity index (χ4n) is 2.96. The second-order valence-electron chi connectivity index (χ2n) is 6.72. The first-order valence-corrected chi connectivity index (χ1v) is 9.25. The van der Waals surface area contributed by atoms with Crippen LogP contribution in [-0.2, 0) is 9.59 Å². The molecule has 1 aromatic carbocycles. The molecule has 0 saturated carbocycles. The smallest absolute Gasteiger partial charge is 0.303 e. The number of nitrogens with zero attached hydrogens (tertiary/aromatic N) is 3. The van der Waals surface area contributed by atoms with E-state index in [0.29, 0.717) is 37.1 Å². The second-order valence-corrected chi connectivity index (χ2v) is 6.72. The van der Waals surface area contributed by atoms with E-state index in [1.165, 1.54) is 0 Å². The molecule has 1 aromatic rings. The molecule has 10 nitrogen and oxygen atoms in total. The normalized spacial score (nSPS) is 20.2. The Hall–Kier alpha value is -3.56. The van der Waals surface area contributed by atoms with Crippen molar-refractivity contribution in [2.24, 2.45) is 20.7 Å². The van der Waals surface area contributed by atoms with Gasteiger partial charge in [-0.25, -0.2) is 4.99 Å². The Morgan fingerprint density at radius 3 is 2.59 bits per heavy atom. The quantitative estimate of drug-likeness (QED) is 0.352. The van der Waals surface area contributed by atoms with Gasteiger partial charge in [-0.3, -0.25) is 29.7 Å². The van der Waals surface area contributed by atoms with Crippen molar-refractivity contribution in [2.75, 3.05) is 11.9 Å². The van der Waals surface area contributed by atoms with Gasteiger partial charge in [0.15, 0.2) is 24.0 Å². The van der Waals surface area contributed by atoms with Gasteiger partial charge in [0, 0.05) is 30.3 Å². The first-order valence-electron chi connectivity index (χ1n) is 9.25. The van der Waals surface area contributed by atoms with E-state index in [1.54, 1.807) is 30.5 Å². The number of hydrogen-bond acceptors (Lipinski definition) is 8. The fourth-order valence-corrected chi connectivity index (χ4v) is 2.96. The number of carboxylic acid groups (broad SMARTS) is 1. The van der Waals surface area contributed by atoms with Gasteiger partial charge in [0.25, 0.3) is 5.91 Å². The van der Waals surface area contributed by atoms with Gasteiger partial charge in [0.05, 0.1) is 12.3 Å². The lowest BCUT2D eigenvalue weighted by atomic mass is 10.0. The molecular formula is C19H22N6O4. The largest absolute Gasteiger partial charge is 0.481 e. The Balaban J connectivity index is 1.50. The van der Waals surface area contributed by atoms with Crippen molar-refractivity contribution < 1.29 is 19.5 Å². The van der Waals surface area contributed by atoms with E-state index in [2.05, 4.69) is 25.6 Å². The standard InChI is InChI=1S/C19H22N6O4/c20-19-24-17-16(18(29)25-19)23-13(10-22-17)9-21-12-7-5-11(6-8-12)14(26)3-1-2-4-15(27)28/h5-8,10,16-17,21H,1-4,9H2,(H,27,28)(H3,20,24,25,29). The molecule has 10 heteroatoms. The van der Waals surface area contributed by atoms with Crippen molar-refractivity contribution in [1.29, 1.82) is 0 Å². The van der Waals surface area contributed by atoms with Gasteiger partial charge in [-0.05, 0) is 37.1 Å². The maximum atomic E-state index is 12.1. The lowest BCUT2D eigenvalue weighted by Crippen LogP contribution is -2.52. The molecule has 2 aliphatic rings. The Bertz CT molecular complexity index is 890. The Morgan fingerprint density at radius 2 is 1.86 bits per heavy atom. The lowest BCUT2D eigenvalue weighted by molar-refractivity contribution is -0.137. The number of ketones is 1. The highest BCUT2D eigenvalue weighted by Gasteiger charge is 2.33. The predicted octanol–water partition coefficient (Wildman–Crippen LogP) is 0.591. The molecule has 5 N–H and O–H groups in total. The molecule has 0 bridgehead atoms. The van der Waals surface area contributed by atoms with Gasteiger partial charge in [0.1, 0.15) is 0 Å². The zero-order valence-electron chi connectivity index (χ0n) is 15.7. The second kappa shape index (κ2) is 9.09. The molecular weight excluding hydrogens is 376 g/mol. The van der Waals surface area contributed by atoms with Gasteiger partial charge in [-0.15, -0.1) is 0 Å². The molecule has 0 saturated heterocycles. The fraction of sp³-hybridized carbons (Fsp3) is 0.368. The van der Waals surface area contributed by atoms with Crippen molar-refractivity contribution >= 4 is 41.2 Å². The first kappa shape index (κ1) is 20.2. The van der Waals surface area contributed by atoms with Crippen LogP contribution in [0, 0.1) is 0 Å². The highest BCUT2D eigenvalue weighted by molar-refractivity contribution is 6.33. The highest BCUT2D eigenvalue weighted by atomic mass is 16.4. The summed E-state index contributed by atoms with van der Waals surface area (Å²) in [5, 5.41) is 14.2. The number of amides is 1. The van der Waals surface area contributed by atoms with Gasteiger partial charge < -0.3 is 16.2 Å². The average molecular weight is 398 g/mol. The van der Waals surface area contributed by atoms with E-state index in [4.69, 9.17) is 10.8 Å². The molecule has 2 atom stereocenters. The molecule has 0 radical (unpaired) electrons. The summed E-state index contributed by atoms with van der Waals surface area (Å²) in [5.41, 5.74) is 7.50. The number of rotatable bonds is 9. The summed E-state index contributed by atoms with van der Waals surface area (Å²) in [6, 6.07) is 6.30. The summed E-state index contributed by atoms with van der Waals surface area (Å²) in [6.07, 6.45) is 2.39. The zero-order valence-corrected chi connectivity index (χ0v) is 15.7. The number of benzene rings is 1. The van der Waals surface area contributed by atoms with Crippen LogP contribution >= 0.6 is 0 Å². The number of guanidine groups is 1. The number of anilines is 1. The molecule has 2 aliphatic heterocycles. The lowest BCUT2D eigenvalue weighted by Gasteiger charge is -2.25. The van der Waals surface area contributed by atoms with Crippen LogP contribution in [0.3, 0.4) is 0 Å². The van der Waals surface area contributed by atoms with E-state index < -0.39 is 18.2 Å². The third kappa shape index (κ3) is 5.47. The number of unbranched alkanes of at least 4 members (excludes halogenated alkanes) is 1. The summed E-state index contributed by atoms with van der Waals surface area (Å²) in [6.45, 7) is 0.363. The van der Waals surface area contributed by atoms with Gasteiger partial charge in [-0.1, -0.05) is 0 Å². The van der Waals surface area contributed by atoms with Crippen LogP contribution in [0.5, 0.6) is 0 Å². The number of nitrogens with two attached hydrogens (primary N) is 1. The summed E-state index contributed by atoms with van der Waals surface area (Å²) in [5.74, 6) is -1.15. The third-order valence-electron chi connectivity index (χ3n) is 4.48. The minimum Gasteiger partial charge on any atom is -0.481 e. The number of nitrogens with one attached hydrogen (secondary N) is 2. The number of aliphatic imine (C=N–C) groups is 3. The van der Waals surface area contributed by atoms with Crippen molar-refractivity contribution in [2.45, 2.75) is 37.9 Å². The van der Waals surface area contributed by atoms with Crippen molar-refractivity contribution in [3.05, 3.63) is 29.8 Å². The van der Waals surface area contributed by atoms with Crippen LogP contribution in [0.4, 0.5) is 5.69 Å². The summed E-state index contributed by atoms with van der Waals surface area (Å²) < 4.78 is 0. The number of carbonyl (C=O) groups is 3. The van der Waals surface area contributed by atoms with Crippen LogP contribution < -0.4 is 16.4 Å². The van der Waals surface area contributed by atoms with Gasteiger partial charge in [0.2, 0.25) is 0 Å². The first-order chi connectivity index (χ1) is 13.9. The van der Waals surface area contributed by atoms with Crippen LogP contribution in [0.25, 0.3) is 0 Å². The molecule has 0 aliphatic carbocycles. The molecule has 0 fully saturated rings. The number of fused-ring (bicyclic) bond motifs is 1. The molecule has 2 unspecified atom stereocenters.